The molecule has 0 aliphatic rings. The molecule has 0 atom stereocenters. The van der Waals surface area contributed by atoms with Crippen molar-refractivity contribution >= 4 is 17.3 Å². The zero-order valence-corrected chi connectivity index (χ0v) is 11.0. The standard InChI is InChI=1S/C15H13ClN2O/c16-14-6-5-13(10-19)7-15(14)18-9-12-3-1-11(8-17)2-4-12/h1-7,18-19H,9-10H2. The average Bonchev–Trinajstić information content (AvgIpc) is 2.47. The Hall–Kier alpha value is -2.02. The summed E-state index contributed by atoms with van der Waals surface area (Å²) < 4.78 is 0. The van der Waals surface area contributed by atoms with E-state index in [1.165, 1.54) is 0 Å². The third-order valence-corrected chi connectivity index (χ3v) is 3.11. The molecule has 0 bridgehead atoms. The minimum Gasteiger partial charge on any atom is -0.392 e. The summed E-state index contributed by atoms with van der Waals surface area (Å²) in [4.78, 5) is 0. The molecule has 4 heteroatoms. The van der Waals surface area contributed by atoms with Crippen molar-refractivity contribution in [1.29, 1.82) is 5.26 Å². The summed E-state index contributed by atoms with van der Waals surface area (Å²) in [5.41, 5.74) is 3.30. The van der Waals surface area contributed by atoms with E-state index in [0.717, 1.165) is 16.8 Å². The molecule has 19 heavy (non-hydrogen) atoms. The summed E-state index contributed by atoms with van der Waals surface area (Å²) in [5, 5.41) is 21.7. The van der Waals surface area contributed by atoms with E-state index in [0.29, 0.717) is 17.1 Å². The number of anilines is 1. The number of nitrogens with zero attached hydrogens (tertiary/aromatic N) is 1. The molecule has 2 aromatic carbocycles. The van der Waals surface area contributed by atoms with E-state index in [4.69, 9.17) is 22.0 Å². The van der Waals surface area contributed by atoms with Gasteiger partial charge in [-0.15, -0.1) is 0 Å². The van der Waals surface area contributed by atoms with Gasteiger partial charge in [-0.3, -0.25) is 0 Å². The van der Waals surface area contributed by atoms with Crippen molar-refractivity contribution in [2.75, 3.05) is 5.32 Å². The van der Waals surface area contributed by atoms with Crippen molar-refractivity contribution in [2.24, 2.45) is 0 Å². The molecule has 0 aromatic heterocycles. The van der Waals surface area contributed by atoms with Crippen LogP contribution in [0.5, 0.6) is 0 Å². The SMILES string of the molecule is N#Cc1ccc(CNc2cc(CO)ccc2Cl)cc1. The second-order valence-electron chi connectivity index (χ2n) is 4.13. The van der Waals surface area contributed by atoms with Crippen LogP contribution in [0.1, 0.15) is 16.7 Å². The summed E-state index contributed by atoms with van der Waals surface area (Å²) in [6, 6.07) is 14.8. The Morgan fingerprint density at radius 2 is 1.79 bits per heavy atom. The lowest BCUT2D eigenvalue weighted by Gasteiger charge is -2.10. The lowest BCUT2D eigenvalue weighted by molar-refractivity contribution is 0.282. The second kappa shape index (κ2) is 6.24. The van der Waals surface area contributed by atoms with Gasteiger partial charge in [0, 0.05) is 6.54 Å². The molecule has 0 radical (unpaired) electrons. The number of rotatable bonds is 4. The largest absolute Gasteiger partial charge is 0.392 e. The molecule has 0 heterocycles. The normalized spacial score (nSPS) is 9.95. The van der Waals surface area contributed by atoms with Crippen molar-refractivity contribution in [1.82, 2.24) is 0 Å². The zero-order valence-electron chi connectivity index (χ0n) is 10.2. The topological polar surface area (TPSA) is 56.0 Å². The summed E-state index contributed by atoms with van der Waals surface area (Å²) in [7, 11) is 0. The predicted molar refractivity (Wildman–Crippen MR) is 75.9 cm³/mol. The van der Waals surface area contributed by atoms with Crippen LogP contribution < -0.4 is 5.32 Å². The van der Waals surface area contributed by atoms with Crippen molar-refractivity contribution < 1.29 is 5.11 Å². The fourth-order valence-electron chi connectivity index (χ4n) is 1.70. The van der Waals surface area contributed by atoms with Gasteiger partial charge in [0.15, 0.2) is 0 Å². The number of nitriles is 1. The van der Waals surface area contributed by atoms with Gasteiger partial charge >= 0.3 is 0 Å². The van der Waals surface area contributed by atoms with E-state index >= 15 is 0 Å². The van der Waals surface area contributed by atoms with Crippen LogP contribution >= 0.6 is 11.6 Å². The molecule has 3 nitrogen and oxygen atoms in total. The molecule has 0 spiro atoms. The summed E-state index contributed by atoms with van der Waals surface area (Å²) in [6.45, 7) is 0.600. The molecule has 96 valence electrons. The van der Waals surface area contributed by atoms with Gasteiger partial charge in [0.25, 0.3) is 0 Å². The van der Waals surface area contributed by atoms with Crippen LogP contribution in [0.25, 0.3) is 0 Å². The molecule has 0 amide bonds. The summed E-state index contributed by atoms with van der Waals surface area (Å²) in [5.74, 6) is 0. The Morgan fingerprint density at radius 1 is 1.11 bits per heavy atom. The van der Waals surface area contributed by atoms with Gasteiger partial charge < -0.3 is 10.4 Å². The number of hydrogen-bond donors (Lipinski definition) is 2. The molecular weight excluding hydrogens is 260 g/mol. The fraction of sp³-hybridized carbons (Fsp3) is 0.133. The van der Waals surface area contributed by atoms with Crippen LogP contribution in [-0.4, -0.2) is 5.11 Å². The quantitative estimate of drug-likeness (QED) is 0.898. The fourth-order valence-corrected chi connectivity index (χ4v) is 1.89. The first-order valence-corrected chi connectivity index (χ1v) is 6.23. The monoisotopic (exact) mass is 272 g/mol. The highest BCUT2D eigenvalue weighted by Gasteiger charge is 2.02. The Labute approximate surface area is 117 Å². The van der Waals surface area contributed by atoms with E-state index in [1.54, 1.807) is 24.3 Å². The molecular formula is C15H13ClN2O. The van der Waals surface area contributed by atoms with E-state index in [-0.39, 0.29) is 6.61 Å². The van der Waals surface area contributed by atoms with Crippen molar-refractivity contribution in [3.05, 3.63) is 64.2 Å². The molecule has 0 aliphatic heterocycles. The van der Waals surface area contributed by atoms with Crippen molar-refractivity contribution in [3.8, 4) is 6.07 Å². The number of hydrogen-bond acceptors (Lipinski definition) is 3. The second-order valence-corrected chi connectivity index (χ2v) is 4.54. The Bertz CT molecular complexity index is 603. The summed E-state index contributed by atoms with van der Waals surface area (Å²) >= 11 is 6.08. The van der Waals surface area contributed by atoms with E-state index in [9.17, 15) is 0 Å². The maximum atomic E-state index is 9.09. The first-order chi connectivity index (χ1) is 9.22. The van der Waals surface area contributed by atoms with E-state index in [1.807, 2.05) is 18.2 Å². The highest BCUT2D eigenvalue weighted by atomic mass is 35.5. The average molecular weight is 273 g/mol. The minimum atomic E-state index is -0.0112. The van der Waals surface area contributed by atoms with Gasteiger partial charge in [0.05, 0.1) is 28.9 Å². The van der Waals surface area contributed by atoms with Crippen molar-refractivity contribution in [3.63, 3.8) is 0 Å². The zero-order chi connectivity index (χ0) is 13.7. The molecule has 2 aromatic rings. The van der Waals surface area contributed by atoms with Crippen molar-refractivity contribution in [2.45, 2.75) is 13.2 Å². The maximum Gasteiger partial charge on any atom is 0.0991 e. The Kier molecular flexibility index (Phi) is 4.40. The third-order valence-electron chi connectivity index (χ3n) is 2.78. The summed E-state index contributed by atoms with van der Waals surface area (Å²) in [6.07, 6.45) is 0. The third kappa shape index (κ3) is 3.47. The predicted octanol–water partition coefficient (Wildman–Crippen LogP) is 3.32. The Balaban J connectivity index is 2.07. The van der Waals surface area contributed by atoms with Gasteiger partial charge in [0.2, 0.25) is 0 Å². The van der Waals surface area contributed by atoms with E-state index < -0.39 is 0 Å². The number of benzene rings is 2. The van der Waals surface area contributed by atoms with Crippen LogP contribution in [0.3, 0.4) is 0 Å². The Morgan fingerprint density at radius 3 is 2.42 bits per heavy atom. The lowest BCUT2D eigenvalue weighted by Crippen LogP contribution is -2.00. The van der Waals surface area contributed by atoms with Gasteiger partial charge in [0.1, 0.15) is 0 Å². The smallest absolute Gasteiger partial charge is 0.0991 e. The van der Waals surface area contributed by atoms with Crippen LogP contribution in [0.15, 0.2) is 42.5 Å². The maximum absolute atomic E-state index is 9.09. The molecule has 2 rings (SSSR count). The molecule has 0 aliphatic carbocycles. The van der Waals surface area contributed by atoms with Gasteiger partial charge in [-0.2, -0.15) is 5.26 Å². The lowest BCUT2D eigenvalue weighted by atomic mass is 10.1. The molecule has 0 saturated heterocycles. The molecule has 0 unspecified atom stereocenters. The van der Waals surface area contributed by atoms with Crippen LogP contribution in [0.4, 0.5) is 5.69 Å². The van der Waals surface area contributed by atoms with Gasteiger partial charge in [-0.05, 0) is 35.4 Å². The first kappa shape index (κ1) is 13.4. The van der Waals surface area contributed by atoms with Gasteiger partial charge in [-0.1, -0.05) is 29.8 Å². The molecule has 0 fully saturated rings. The molecule has 2 N–H and O–H groups in total. The number of aliphatic hydroxyl groups excluding tert-OH is 1. The van der Waals surface area contributed by atoms with Crippen LogP contribution in [0, 0.1) is 11.3 Å². The molecule has 0 saturated carbocycles. The van der Waals surface area contributed by atoms with Crippen LogP contribution in [0.2, 0.25) is 5.02 Å². The minimum absolute atomic E-state index is 0.0112. The van der Waals surface area contributed by atoms with Crippen LogP contribution in [-0.2, 0) is 13.2 Å². The first-order valence-electron chi connectivity index (χ1n) is 5.85. The van der Waals surface area contributed by atoms with E-state index in [2.05, 4.69) is 11.4 Å². The highest BCUT2D eigenvalue weighted by molar-refractivity contribution is 6.33. The highest BCUT2D eigenvalue weighted by Crippen LogP contribution is 2.23. The number of nitrogens with one attached hydrogen (secondary N) is 1. The number of aliphatic hydroxyl groups is 1. The number of halogens is 1. The van der Waals surface area contributed by atoms with Gasteiger partial charge in [-0.25, -0.2) is 0 Å².